The van der Waals surface area contributed by atoms with Gasteiger partial charge in [-0.15, -0.1) is 5.10 Å². The number of benzene rings is 2. The Morgan fingerprint density at radius 1 is 1.00 bits per heavy atom. The Bertz CT molecular complexity index is 1590. The number of ether oxygens (including phenoxy) is 1. The van der Waals surface area contributed by atoms with Gasteiger partial charge in [-0.05, 0) is 48.5 Å². The average Bonchev–Trinajstić information content (AvgIpc) is 3.46. The van der Waals surface area contributed by atoms with Crippen LogP contribution < -0.4 is 9.64 Å². The number of fused-ring (bicyclic) bond motifs is 3. The maximum Gasteiger partial charge on any atom is 0.247 e. The molecule has 0 unspecified atom stereocenters. The molecule has 0 bridgehead atoms. The van der Waals surface area contributed by atoms with E-state index in [1.807, 2.05) is 36.4 Å². The van der Waals surface area contributed by atoms with Crippen molar-refractivity contribution in [1.82, 2.24) is 24.6 Å². The topological polar surface area (TPSA) is 103 Å². The van der Waals surface area contributed by atoms with Crippen LogP contribution in [0.4, 0.5) is 5.69 Å². The van der Waals surface area contributed by atoms with Crippen molar-refractivity contribution in [3.05, 3.63) is 73.1 Å². The van der Waals surface area contributed by atoms with Crippen molar-refractivity contribution < 1.29 is 14.3 Å². The summed E-state index contributed by atoms with van der Waals surface area (Å²) in [6.07, 6.45) is 3.45. The molecule has 2 amide bonds. The Labute approximate surface area is 203 Å². The van der Waals surface area contributed by atoms with Gasteiger partial charge in [0, 0.05) is 29.8 Å². The first-order chi connectivity index (χ1) is 17.1. The number of para-hydroxylation sites is 1. The van der Waals surface area contributed by atoms with Gasteiger partial charge in [0.05, 0.1) is 18.3 Å². The standard InChI is InChI=1S/C25H18N6O3S/c1-34-17-10-8-16(9-11-17)30-21(32)13-20(24(30)33)35-25-27-19-7-3-2-6-18(19)23-28-22(29-31(23)25)15-5-4-12-26-14-15/h2-12,14,20H,13H2,1H3/t20-/m1/s1. The first kappa shape index (κ1) is 21.2. The smallest absolute Gasteiger partial charge is 0.247 e. The molecule has 1 aliphatic rings. The summed E-state index contributed by atoms with van der Waals surface area (Å²) in [6, 6.07) is 18.2. The number of aromatic nitrogens is 5. The van der Waals surface area contributed by atoms with Crippen LogP contribution in [0, 0.1) is 0 Å². The summed E-state index contributed by atoms with van der Waals surface area (Å²) in [5, 5.41) is 5.37. The predicted molar refractivity (Wildman–Crippen MR) is 131 cm³/mol. The second-order valence-corrected chi connectivity index (χ2v) is 9.07. The van der Waals surface area contributed by atoms with E-state index in [4.69, 9.17) is 14.7 Å². The molecular weight excluding hydrogens is 464 g/mol. The van der Waals surface area contributed by atoms with Gasteiger partial charge in [0.2, 0.25) is 11.8 Å². The molecule has 6 rings (SSSR count). The molecule has 35 heavy (non-hydrogen) atoms. The van der Waals surface area contributed by atoms with Crippen LogP contribution in [0.15, 0.2) is 78.2 Å². The number of rotatable bonds is 5. The lowest BCUT2D eigenvalue weighted by Gasteiger charge is -2.15. The Hall–Kier alpha value is -4.31. The fraction of sp³-hybridized carbons (Fsp3) is 0.120. The number of methoxy groups -OCH3 is 1. The van der Waals surface area contributed by atoms with Crippen LogP contribution in [-0.4, -0.2) is 48.7 Å². The number of carbonyl (C=O) groups excluding carboxylic acids is 2. The highest BCUT2D eigenvalue weighted by Crippen LogP contribution is 2.35. The minimum atomic E-state index is -0.632. The SMILES string of the molecule is COc1ccc(N2C(=O)C[C@@H](Sc3nc4ccccc4c4nc(-c5cccnc5)nn34)C2=O)cc1. The van der Waals surface area contributed by atoms with Crippen LogP contribution in [0.5, 0.6) is 5.75 Å². The van der Waals surface area contributed by atoms with Crippen LogP contribution in [0.1, 0.15) is 6.42 Å². The largest absolute Gasteiger partial charge is 0.497 e. The van der Waals surface area contributed by atoms with E-state index in [1.54, 1.807) is 48.3 Å². The van der Waals surface area contributed by atoms with E-state index >= 15 is 0 Å². The minimum absolute atomic E-state index is 0.0652. The summed E-state index contributed by atoms with van der Waals surface area (Å²) in [5.74, 6) is 0.606. The van der Waals surface area contributed by atoms with Gasteiger partial charge in [0.1, 0.15) is 11.0 Å². The Morgan fingerprint density at radius 3 is 2.60 bits per heavy atom. The van der Waals surface area contributed by atoms with Crippen molar-refractivity contribution >= 4 is 45.8 Å². The molecule has 0 saturated carbocycles. The number of pyridine rings is 1. The Morgan fingerprint density at radius 2 is 1.83 bits per heavy atom. The molecule has 0 N–H and O–H groups in total. The summed E-state index contributed by atoms with van der Waals surface area (Å²) in [7, 11) is 1.56. The first-order valence-corrected chi connectivity index (χ1v) is 11.7. The number of anilines is 1. The molecule has 9 nitrogen and oxygen atoms in total. The maximum absolute atomic E-state index is 13.3. The van der Waals surface area contributed by atoms with Crippen LogP contribution >= 0.6 is 11.8 Å². The maximum atomic E-state index is 13.3. The van der Waals surface area contributed by atoms with Crippen LogP contribution in [0.25, 0.3) is 27.9 Å². The van der Waals surface area contributed by atoms with Gasteiger partial charge in [-0.25, -0.2) is 14.9 Å². The van der Waals surface area contributed by atoms with Gasteiger partial charge < -0.3 is 4.74 Å². The van der Waals surface area contributed by atoms with Gasteiger partial charge in [0.25, 0.3) is 0 Å². The quantitative estimate of drug-likeness (QED) is 0.276. The van der Waals surface area contributed by atoms with Crippen molar-refractivity contribution in [2.45, 2.75) is 16.8 Å². The third kappa shape index (κ3) is 3.68. The van der Waals surface area contributed by atoms with Gasteiger partial charge in [-0.3, -0.25) is 14.6 Å². The van der Waals surface area contributed by atoms with Crippen LogP contribution in [-0.2, 0) is 9.59 Å². The Kier molecular flexibility index (Phi) is 5.14. The highest BCUT2D eigenvalue weighted by molar-refractivity contribution is 8.00. The summed E-state index contributed by atoms with van der Waals surface area (Å²) >= 11 is 1.22. The number of hydrogen-bond donors (Lipinski definition) is 0. The molecule has 0 radical (unpaired) electrons. The highest BCUT2D eigenvalue weighted by atomic mass is 32.2. The molecule has 4 heterocycles. The number of nitrogens with zero attached hydrogens (tertiary/aromatic N) is 6. The third-order valence-corrected chi connectivity index (χ3v) is 6.88. The van der Waals surface area contributed by atoms with Crippen molar-refractivity contribution in [2.75, 3.05) is 12.0 Å². The molecule has 1 fully saturated rings. The van der Waals surface area contributed by atoms with Crippen molar-refractivity contribution in [1.29, 1.82) is 0 Å². The normalized spacial score (nSPS) is 15.9. The first-order valence-electron chi connectivity index (χ1n) is 10.9. The fourth-order valence-electron chi connectivity index (χ4n) is 4.05. The van der Waals surface area contributed by atoms with Gasteiger partial charge >= 0.3 is 0 Å². The summed E-state index contributed by atoms with van der Waals surface area (Å²) in [5.41, 5.74) is 2.64. The molecule has 2 aromatic carbocycles. The zero-order chi connectivity index (χ0) is 23.9. The number of imide groups is 1. The van der Waals surface area contributed by atoms with E-state index in [0.717, 1.165) is 16.5 Å². The highest BCUT2D eigenvalue weighted by Gasteiger charge is 2.41. The van der Waals surface area contributed by atoms with E-state index in [9.17, 15) is 9.59 Å². The minimum Gasteiger partial charge on any atom is -0.497 e. The molecule has 1 aliphatic heterocycles. The fourth-order valence-corrected chi connectivity index (χ4v) is 5.11. The third-order valence-electron chi connectivity index (χ3n) is 5.75. The zero-order valence-corrected chi connectivity index (χ0v) is 19.3. The monoisotopic (exact) mass is 482 g/mol. The van der Waals surface area contributed by atoms with Crippen molar-refractivity contribution in [3.8, 4) is 17.1 Å². The number of hydrogen-bond acceptors (Lipinski definition) is 8. The van der Waals surface area contributed by atoms with E-state index in [-0.39, 0.29) is 18.2 Å². The lowest BCUT2D eigenvalue weighted by Crippen LogP contribution is -2.31. The Balaban J connectivity index is 1.39. The van der Waals surface area contributed by atoms with Crippen molar-refractivity contribution in [2.24, 2.45) is 0 Å². The zero-order valence-electron chi connectivity index (χ0n) is 18.5. The number of thioether (sulfide) groups is 1. The van der Waals surface area contributed by atoms with Gasteiger partial charge in [0.15, 0.2) is 16.6 Å². The molecule has 1 atom stereocenters. The average molecular weight is 483 g/mol. The second kappa shape index (κ2) is 8.48. The molecule has 172 valence electrons. The molecule has 10 heteroatoms. The molecule has 0 aliphatic carbocycles. The van der Waals surface area contributed by atoms with Crippen LogP contribution in [0.2, 0.25) is 0 Å². The van der Waals surface area contributed by atoms with E-state index in [2.05, 4.69) is 10.1 Å². The predicted octanol–water partition coefficient (Wildman–Crippen LogP) is 3.77. The lowest BCUT2D eigenvalue weighted by molar-refractivity contribution is -0.121. The van der Waals surface area contributed by atoms with Gasteiger partial charge in [-0.1, -0.05) is 23.9 Å². The molecule has 5 aromatic rings. The lowest BCUT2D eigenvalue weighted by atomic mass is 10.2. The summed E-state index contributed by atoms with van der Waals surface area (Å²) < 4.78 is 6.82. The molecule has 1 saturated heterocycles. The van der Waals surface area contributed by atoms with Crippen LogP contribution in [0.3, 0.4) is 0 Å². The molecular formula is C25H18N6O3S. The second-order valence-electron chi connectivity index (χ2n) is 7.90. The van der Waals surface area contributed by atoms with Gasteiger partial charge in [-0.2, -0.15) is 4.52 Å². The number of amides is 2. The number of carbonyl (C=O) groups is 2. The van der Waals surface area contributed by atoms with E-state index < -0.39 is 5.25 Å². The van der Waals surface area contributed by atoms with E-state index in [0.29, 0.717) is 28.1 Å². The summed E-state index contributed by atoms with van der Waals surface area (Å²) in [4.78, 5) is 41.0. The summed E-state index contributed by atoms with van der Waals surface area (Å²) in [6.45, 7) is 0. The molecule has 0 spiro atoms. The van der Waals surface area contributed by atoms with Crippen molar-refractivity contribution in [3.63, 3.8) is 0 Å². The van der Waals surface area contributed by atoms with E-state index in [1.165, 1.54) is 16.7 Å². The molecule has 3 aromatic heterocycles.